The van der Waals surface area contributed by atoms with E-state index in [2.05, 4.69) is 5.32 Å². The van der Waals surface area contributed by atoms with Gasteiger partial charge in [0.2, 0.25) is 11.8 Å². The third-order valence-electron chi connectivity index (χ3n) is 3.94. The van der Waals surface area contributed by atoms with E-state index in [-0.39, 0.29) is 12.5 Å². The maximum absolute atomic E-state index is 12.2. The molecule has 0 saturated carbocycles. The number of carbonyl (C=O) groups excluding carboxylic acids is 2. The van der Waals surface area contributed by atoms with Gasteiger partial charge < -0.3 is 15.3 Å². The summed E-state index contributed by atoms with van der Waals surface area (Å²) in [6.45, 7) is 0.463. The number of aliphatic carboxylic acids is 1. The van der Waals surface area contributed by atoms with E-state index in [0.29, 0.717) is 18.5 Å². The molecule has 1 saturated heterocycles. The SMILES string of the molecule is O=C(CN1CCCCCCC1=O)NC(C(=O)O)c1ccccc1. The number of hydrogen-bond acceptors (Lipinski definition) is 3. The molecule has 0 bridgehead atoms. The lowest BCUT2D eigenvalue weighted by Gasteiger charge is -2.25. The van der Waals surface area contributed by atoms with E-state index in [9.17, 15) is 19.5 Å². The van der Waals surface area contributed by atoms with E-state index in [1.165, 1.54) is 4.90 Å². The van der Waals surface area contributed by atoms with Gasteiger partial charge in [0.15, 0.2) is 6.04 Å². The minimum absolute atomic E-state index is 0.0357. The lowest BCUT2D eigenvalue weighted by molar-refractivity contribution is -0.143. The number of rotatable bonds is 5. The standard InChI is InChI=1S/C17H22N2O4/c20-14(12-19-11-7-2-1-6-10-15(19)21)18-16(17(22)23)13-8-4-3-5-9-13/h3-5,8-9,16H,1-2,6-7,10-12H2,(H,18,20)(H,22,23). The molecule has 0 radical (unpaired) electrons. The van der Waals surface area contributed by atoms with Crippen molar-refractivity contribution >= 4 is 17.8 Å². The molecule has 1 heterocycles. The van der Waals surface area contributed by atoms with Crippen LogP contribution >= 0.6 is 0 Å². The third kappa shape index (κ3) is 5.09. The second kappa shape index (κ2) is 8.31. The summed E-state index contributed by atoms with van der Waals surface area (Å²) in [5.41, 5.74) is 0.507. The molecule has 2 amide bonds. The highest BCUT2D eigenvalue weighted by Crippen LogP contribution is 2.14. The van der Waals surface area contributed by atoms with Gasteiger partial charge in [-0.25, -0.2) is 4.79 Å². The van der Waals surface area contributed by atoms with Gasteiger partial charge in [0.05, 0.1) is 6.54 Å². The van der Waals surface area contributed by atoms with Crippen LogP contribution in [-0.2, 0) is 14.4 Å². The molecule has 23 heavy (non-hydrogen) atoms. The summed E-state index contributed by atoms with van der Waals surface area (Å²) in [6, 6.07) is 7.43. The molecule has 0 aromatic heterocycles. The fourth-order valence-electron chi connectivity index (χ4n) is 2.70. The number of benzene rings is 1. The largest absolute Gasteiger partial charge is 0.479 e. The van der Waals surface area contributed by atoms with Gasteiger partial charge in [0, 0.05) is 13.0 Å². The summed E-state index contributed by atoms with van der Waals surface area (Å²) < 4.78 is 0. The molecule has 124 valence electrons. The summed E-state index contributed by atoms with van der Waals surface area (Å²) in [4.78, 5) is 37.1. The fraction of sp³-hybridized carbons (Fsp3) is 0.471. The summed E-state index contributed by atoms with van der Waals surface area (Å²) >= 11 is 0. The molecule has 1 aromatic carbocycles. The van der Waals surface area contributed by atoms with Crippen LogP contribution in [0.3, 0.4) is 0 Å². The quantitative estimate of drug-likeness (QED) is 0.865. The number of nitrogens with zero attached hydrogens (tertiary/aromatic N) is 1. The van der Waals surface area contributed by atoms with E-state index in [1.54, 1.807) is 30.3 Å². The van der Waals surface area contributed by atoms with E-state index in [0.717, 1.165) is 25.7 Å². The first kappa shape index (κ1) is 17.0. The van der Waals surface area contributed by atoms with Gasteiger partial charge in [-0.2, -0.15) is 0 Å². The molecular weight excluding hydrogens is 296 g/mol. The number of carbonyl (C=O) groups is 3. The summed E-state index contributed by atoms with van der Waals surface area (Å²) in [7, 11) is 0. The van der Waals surface area contributed by atoms with Crippen LogP contribution in [0.5, 0.6) is 0 Å². The number of hydrogen-bond donors (Lipinski definition) is 2. The van der Waals surface area contributed by atoms with Crippen LogP contribution in [0.4, 0.5) is 0 Å². The molecule has 1 aliphatic rings. The highest BCUT2D eigenvalue weighted by atomic mass is 16.4. The van der Waals surface area contributed by atoms with Crippen molar-refractivity contribution in [1.82, 2.24) is 10.2 Å². The topological polar surface area (TPSA) is 86.7 Å². The monoisotopic (exact) mass is 318 g/mol. The Bertz CT molecular complexity index is 559. The Labute approximate surface area is 135 Å². The van der Waals surface area contributed by atoms with Gasteiger partial charge in [-0.15, -0.1) is 0 Å². The highest BCUT2D eigenvalue weighted by molar-refractivity contribution is 5.88. The van der Waals surface area contributed by atoms with Crippen LogP contribution in [0.2, 0.25) is 0 Å². The number of carboxylic acid groups (broad SMARTS) is 1. The number of likely N-dealkylation sites (tertiary alicyclic amines) is 1. The average Bonchev–Trinajstić information content (AvgIpc) is 2.53. The molecule has 6 heteroatoms. The average molecular weight is 318 g/mol. The van der Waals surface area contributed by atoms with Crippen LogP contribution in [0, 0.1) is 0 Å². The predicted molar refractivity (Wildman–Crippen MR) is 84.6 cm³/mol. The number of carboxylic acids is 1. The predicted octanol–water partition coefficient (Wildman–Crippen LogP) is 1.72. The molecule has 0 aliphatic carbocycles. The van der Waals surface area contributed by atoms with E-state index >= 15 is 0 Å². The van der Waals surface area contributed by atoms with E-state index < -0.39 is 17.9 Å². The summed E-state index contributed by atoms with van der Waals surface area (Å²) in [5.74, 6) is -1.61. The molecule has 1 aliphatic heterocycles. The van der Waals surface area contributed by atoms with Crippen molar-refractivity contribution in [3.05, 3.63) is 35.9 Å². The zero-order valence-electron chi connectivity index (χ0n) is 13.0. The van der Waals surface area contributed by atoms with Gasteiger partial charge in [-0.3, -0.25) is 9.59 Å². The maximum Gasteiger partial charge on any atom is 0.330 e. The molecule has 2 N–H and O–H groups in total. The molecule has 0 spiro atoms. The van der Waals surface area contributed by atoms with Crippen molar-refractivity contribution in [2.24, 2.45) is 0 Å². The van der Waals surface area contributed by atoms with Gasteiger partial charge >= 0.3 is 5.97 Å². The zero-order chi connectivity index (χ0) is 16.7. The molecule has 1 fully saturated rings. The Morgan fingerprint density at radius 2 is 1.83 bits per heavy atom. The number of amides is 2. The molecule has 6 nitrogen and oxygen atoms in total. The van der Waals surface area contributed by atoms with Crippen molar-refractivity contribution in [2.75, 3.05) is 13.1 Å². The third-order valence-corrected chi connectivity index (χ3v) is 3.94. The molecule has 1 atom stereocenters. The Kier molecular flexibility index (Phi) is 6.14. The zero-order valence-corrected chi connectivity index (χ0v) is 13.0. The van der Waals surface area contributed by atoms with Crippen molar-refractivity contribution in [1.29, 1.82) is 0 Å². The van der Waals surface area contributed by atoms with Crippen LogP contribution < -0.4 is 5.32 Å². The second-order valence-corrected chi connectivity index (χ2v) is 5.73. The Hall–Kier alpha value is -2.37. The lowest BCUT2D eigenvalue weighted by atomic mass is 10.1. The van der Waals surface area contributed by atoms with Crippen LogP contribution in [-0.4, -0.2) is 40.9 Å². The van der Waals surface area contributed by atoms with Crippen LogP contribution in [0.15, 0.2) is 30.3 Å². The maximum atomic E-state index is 12.2. The first-order chi connectivity index (χ1) is 11.1. The van der Waals surface area contributed by atoms with Gasteiger partial charge in [0.25, 0.3) is 0 Å². The van der Waals surface area contributed by atoms with Gasteiger partial charge in [-0.1, -0.05) is 43.2 Å². The minimum Gasteiger partial charge on any atom is -0.479 e. The molecular formula is C17H22N2O4. The van der Waals surface area contributed by atoms with E-state index in [4.69, 9.17) is 0 Å². The van der Waals surface area contributed by atoms with Crippen molar-refractivity contribution < 1.29 is 19.5 Å². The van der Waals surface area contributed by atoms with Gasteiger partial charge in [0.1, 0.15) is 0 Å². The molecule has 2 rings (SSSR count). The summed E-state index contributed by atoms with van der Waals surface area (Å²) in [6.07, 6.45) is 4.27. The molecule has 1 unspecified atom stereocenters. The minimum atomic E-state index is -1.12. The smallest absolute Gasteiger partial charge is 0.330 e. The normalized spacial score (nSPS) is 17.0. The van der Waals surface area contributed by atoms with E-state index in [1.807, 2.05) is 0 Å². The fourth-order valence-corrected chi connectivity index (χ4v) is 2.70. The molecule has 1 aromatic rings. The van der Waals surface area contributed by atoms with Crippen molar-refractivity contribution in [3.8, 4) is 0 Å². The Balaban J connectivity index is 1.98. The second-order valence-electron chi connectivity index (χ2n) is 5.73. The van der Waals surface area contributed by atoms with Crippen LogP contribution in [0.25, 0.3) is 0 Å². The first-order valence-corrected chi connectivity index (χ1v) is 7.93. The van der Waals surface area contributed by atoms with Crippen LogP contribution in [0.1, 0.15) is 43.7 Å². The summed E-state index contributed by atoms with van der Waals surface area (Å²) in [5, 5.41) is 11.8. The van der Waals surface area contributed by atoms with Gasteiger partial charge in [-0.05, 0) is 18.4 Å². The highest BCUT2D eigenvalue weighted by Gasteiger charge is 2.24. The van der Waals surface area contributed by atoms with Crippen molar-refractivity contribution in [3.63, 3.8) is 0 Å². The first-order valence-electron chi connectivity index (χ1n) is 7.93. The Morgan fingerprint density at radius 1 is 1.13 bits per heavy atom. The lowest BCUT2D eigenvalue weighted by Crippen LogP contribution is -2.44. The Morgan fingerprint density at radius 3 is 2.52 bits per heavy atom. The number of nitrogens with one attached hydrogen (secondary N) is 1. The van der Waals surface area contributed by atoms with Crippen molar-refractivity contribution in [2.45, 2.75) is 38.1 Å².